The highest BCUT2D eigenvalue weighted by molar-refractivity contribution is 7.90. The molecule has 1 atom stereocenters. The lowest BCUT2D eigenvalue weighted by Gasteiger charge is -2.39. The Morgan fingerprint density at radius 3 is 2.52 bits per heavy atom. The van der Waals surface area contributed by atoms with Crippen molar-refractivity contribution in [1.82, 2.24) is 19.6 Å². The summed E-state index contributed by atoms with van der Waals surface area (Å²) in [6, 6.07) is 19.1. The number of anilines is 1. The largest absolute Gasteiger partial charge is 0.493 e. The van der Waals surface area contributed by atoms with Crippen molar-refractivity contribution in [3.63, 3.8) is 0 Å². The summed E-state index contributed by atoms with van der Waals surface area (Å²) in [5.41, 5.74) is 5.61. The third kappa shape index (κ3) is 10.8. The van der Waals surface area contributed by atoms with Gasteiger partial charge in [-0.3, -0.25) is 19.8 Å². The quantitative estimate of drug-likeness (QED) is 0.0797. The average molecular weight is 954 g/mol. The van der Waals surface area contributed by atoms with Gasteiger partial charge in [0.15, 0.2) is 0 Å². The first kappa shape index (κ1) is 46.6. The van der Waals surface area contributed by atoms with Gasteiger partial charge in [0, 0.05) is 86.2 Å². The number of ether oxygens (including phenoxy) is 4. The lowest BCUT2D eigenvalue weighted by molar-refractivity contribution is -0.386. The van der Waals surface area contributed by atoms with Crippen LogP contribution < -0.4 is 19.1 Å². The Balaban J connectivity index is 0.917. The van der Waals surface area contributed by atoms with Crippen molar-refractivity contribution in [2.45, 2.75) is 82.3 Å². The SMILES string of the molecule is COC1CCC(OC[C@@H]2COc3cc(S(=O)(=O)NC(=O)c4ccc(N5CCN(CC6=C(c7ccc(Cl)cc7)CCC(C)(C)C6)CC5)cc4Oc4cnc5[nH]ccc5c4)cc([N+](=O)[O-])c3C2)CC1. The summed E-state index contributed by atoms with van der Waals surface area (Å²) in [6.45, 7) is 9.15. The molecule has 4 heterocycles. The summed E-state index contributed by atoms with van der Waals surface area (Å²) in [4.78, 5) is 37.6. The van der Waals surface area contributed by atoms with Crippen LogP contribution in [0.1, 0.15) is 80.3 Å². The minimum absolute atomic E-state index is 0.0519. The maximum Gasteiger partial charge on any atom is 0.277 e. The van der Waals surface area contributed by atoms with Gasteiger partial charge in [-0.05, 0) is 104 Å². The minimum atomic E-state index is -4.65. The summed E-state index contributed by atoms with van der Waals surface area (Å²) < 4.78 is 54.1. The molecule has 0 bridgehead atoms. The number of halogens is 1. The molecule has 0 unspecified atom stereocenters. The number of amides is 1. The number of piperazine rings is 1. The number of allylic oxidation sites excluding steroid dienone is 1. The number of carbonyl (C=O) groups is 1. The zero-order chi connectivity index (χ0) is 46.9. The van der Waals surface area contributed by atoms with Gasteiger partial charge in [-0.15, -0.1) is 0 Å². The summed E-state index contributed by atoms with van der Waals surface area (Å²) in [5.74, 6) is -0.587. The molecule has 3 aromatic carbocycles. The standard InChI is InChI=1S/C50H57ClN6O9S/c1-50(2)16-14-42(33-4-6-36(51)7-5-33)35(27-50)29-55-18-20-56(21-19-55)37-8-13-43(47(24-37)66-40-23-34-15-17-52-48(34)53-28-40)49(58)54-67(61,62)41-25-45(57(59)60)44-22-32(31-65-46(44)26-41)30-64-39-11-9-38(63-3)10-12-39/h4-8,13,15,17,23-26,28,32,38-39H,9-12,14,16,18-22,27,29-31H2,1-3H3,(H,52,53)(H,54,58)/t32-,38?,39?/m1/s1. The van der Waals surface area contributed by atoms with E-state index in [1.807, 2.05) is 18.2 Å². The lowest BCUT2D eigenvalue weighted by Crippen LogP contribution is -2.47. The van der Waals surface area contributed by atoms with E-state index in [4.69, 9.17) is 30.5 Å². The minimum Gasteiger partial charge on any atom is -0.493 e. The van der Waals surface area contributed by atoms with Crippen molar-refractivity contribution in [3.8, 4) is 17.2 Å². The van der Waals surface area contributed by atoms with Crippen molar-refractivity contribution < 1.29 is 37.1 Å². The molecular formula is C50H57ClN6O9S. The molecule has 2 aliphatic heterocycles. The number of nitrogens with zero attached hydrogens (tertiary/aromatic N) is 4. The van der Waals surface area contributed by atoms with E-state index in [0.717, 1.165) is 86.7 Å². The molecule has 2 aromatic heterocycles. The number of aromatic amines is 1. The molecule has 9 rings (SSSR count). The van der Waals surface area contributed by atoms with Crippen LogP contribution in [-0.2, 0) is 25.9 Å². The van der Waals surface area contributed by atoms with Gasteiger partial charge in [-0.1, -0.05) is 43.2 Å². The van der Waals surface area contributed by atoms with E-state index in [-0.39, 0.29) is 59.2 Å². The van der Waals surface area contributed by atoms with E-state index in [1.165, 1.54) is 29.0 Å². The number of fused-ring (bicyclic) bond motifs is 2. The van der Waals surface area contributed by atoms with Gasteiger partial charge in [-0.25, -0.2) is 18.1 Å². The summed E-state index contributed by atoms with van der Waals surface area (Å²) in [7, 11) is -2.93. The Hall–Kier alpha value is -5.52. The number of nitro benzene ring substituents is 1. The van der Waals surface area contributed by atoms with Crippen LogP contribution in [0.15, 0.2) is 89.6 Å². The second-order valence-corrected chi connectivity index (χ2v) is 21.1. The molecule has 1 amide bonds. The number of methoxy groups -OCH3 is 1. The molecule has 67 heavy (non-hydrogen) atoms. The molecule has 15 nitrogen and oxygen atoms in total. The smallest absolute Gasteiger partial charge is 0.277 e. The fraction of sp³-hybridized carbons (Fsp3) is 0.440. The second-order valence-electron chi connectivity index (χ2n) is 19.0. The fourth-order valence-electron chi connectivity index (χ4n) is 9.94. The Morgan fingerprint density at radius 1 is 1.01 bits per heavy atom. The predicted molar refractivity (Wildman–Crippen MR) is 257 cm³/mol. The molecule has 5 aromatic rings. The number of hydrogen-bond acceptors (Lipinski definition) is 12. The molecular weight excluding hydrogens is 896 g/mol. The number of rotatable bonds is 14. The van der Waals surface area contributed by atoms with Crippen LogP contribution in [0.25, 0.3) is 16.6 Å². The predicted octanol–water partition coefficient (Wildman–Crippen LogP) is 9.35. The van der Waals surface area contributed by atoms with Crippen molar-refractivity contribution in [3.05, 3.63) is 117 Å². The van der Waals surface area contributed by atoms with Gasteiger partial charge in [-0.2, -0.15) is 0 Å². The van der Waals surface area contributed by atoms with Crippen molar-refractivity contribution in [2.24, 2.45) is 11.3 Å². The van der Waals surface area contributed by atoms with Crippen LogP contribution in [0.5, 0.6) is 17.2 Å². The van der Waals surface area contributed by atoms with Crippen LogP contribution in [-0.4, -0.2) is 99.4 Å². The van der Waals surface area contributed by atoms with Crippen molar-refractivity contribution >= 4 is 55.5 Å². The summed E-state index contributed by atoms with van der Waals surface area (Å²) in [6.07, 6.45) is 10.6. The van der Waals surface area contributed by atoms with Gasteiger partial charge in [0.05, 0.1) is 52.6 Å². The number of benzene rings is 3. The average Bonchev–Trinajstić information content (AvgIpc) is 3.79. The van der Waals surface area contributed by atoms with Crippen LogP contribution in [0.2, 0.25) is 5.02 Å². The van der Waals surface area contributed by atoms with Crippen LogP contribution in [0, 0.1) is 21.4 Å². The third-order valence-electron chi connectivity index (χ3n) is 13.7. The molecule has 354 valence electrons. The normalized spacial score (nSPS) is 21.1. The first-order chi connectivity index (χ1) is 32.2. The molecule has 2 fully saturated rings. The van der Waals surface area contributed by atoms with Gasteiger partial charge in [0.25, 0.3) is 21.6 Å². The Morgan fingerprint density at radius 2 is 1.78 bits per heavy atom. The van der Waals surface area contributed by atoms with Gasteiger partial charge >= 0.3 is 0 Å². The number of hydrogen-bond donors (Lipinski definition) is 2. The summed E-state index contributed by atoms with van der Waals surface area (Å²) in [5, 5.41) is 13.9. The third-order valence-corrected chi connectivity index (χ3v) is 15.3. The zero-order valence-corrected chi connectivity index (χ0v) is 39.7. The number of H-pyrrole nitrogens is 1. The number of carbonyl (C=O) groups excluding carboxylic acids is 1. The van der Waals surface area contributed by atoms with Crippen LogP contribution >= 0.6 is 11.6 Å². The first-order valence-electron chi connectivity index (χ1n) is 23.0. The Bertz CT molecular complexity index is 2780. The van der Waals surface area contributed by atoms with E-state index in [2.05, 4.69) is 50.5 Å². The van der Waals surface area contributed by atoms with Crippen molar-refractivity contribution in [1.29, 1.82) is 0 Å². The highest BCUT2D eigenvalue weighted by atomic mass is 35.5. The Kier molecular flexibility index (Phi) is 13.6. The molecule has 1 saturated heterocycles. The number of aromatic nitrogens is 2. The molecule has 4 aliphatic rings. The van der Waals surface area contributed by atoms with E-state index in [0.29, 0.717) is 31.1 Å². The van der Waals surface area contributed by atoms with Crippen LogP contribution in [0.4, 0.5) is 11.4 Å². The highest BCUT2D eigenvalue weighted by Crippen LogP contribution is 2.43. The molecule has 17 heteroatoms. The topological polar surface area (TPSA) is 178 Å². The van der Waals surface area contributed by atoms with Gasteiger partial charge in [0.2, 0.25) is 0 Å². The molecule has 0 spiro atoms. The lowest BCUT2D eigenvalue weighted by atomic mass is 9.73. The molecule has 2 aliphatic carbocycles. The highest BCUT2D eigenvalue weighted by Gasteiger charge is 2.34. The summed E-state index contributed by atoms with van der Waals surface area (Å²) >= 11 is 6.24. The Labute approximate surface area is 396 Å². The van der Waals surface area contributed by atoms with Gasteiger partial charge < -0.3 is 28.8 Å². The number of nitro groups is 1. The van der Waals surface area contributed by atoms with Crippen molar-refractivity contribution in [2.75, 3.05) is 57.9 Å². The maximum absolute atomic E-state index is 14.1. The van der Waals surface area contributed by atoms with Gasteiger partial charge in [0.1, 0.15) is 22.9 Å². The molecule has 0 radical (unpaired) electrons. The van der Waals surface area contributed by atoms with E-state index >= 15 is 0 Å². The van der Waals surface area contributed by atoms with E-state index < -0.39 is 31.4 Å². The molecule has 2 N–H and O–H groups in total. The number of nitrogens with one attached hydrogen (secondary N) is 2. The van der Waals surface area contributed by atoms with E-state index in [9.17, 15) is 23.3 Å². The molecule has 1 saturated carbocycles. The maximum atomic E-state index is 14.1. The van der Waals surface area contributed by atoms with Crippen LogP contribution in [0.3, 0.4) is 0 Å². The zero-order valence-electron chi connectivity index (χ0n) is 38.1. The number of pyridine rings is 1. The van der Waals surface area contributed by atoms with E-state index in [1.54, 1.807) is 37.6 Å². The fourth-order valence-corrected chi connectivity index (χ4v) is 11.1. The second kappa shape index (κ2) is 19.6. The first-order valence-corrected chi connectivity index (χ1v) is 24.9. The number of sulfonamides is 1. The monoisotopic (exact) mass is 952 g/mol.